The Hall–Kier alpha value is -4.38. The summed E-state index contributed by atoms with van der Waals surface area (Å²) in [6, 6.07) is 11.9. The normalized spacial score (nSPS) is 18.1. The molecule has 0 spiro atoms. The molecule has 1 aliphatic heterocycles. The number of benzene rings is 2. The van der Waals surface area contributed by atoms with E-state index in [1.165, 1.54) is 12.0 Å². The van der Waals surface area contributed by atoms with E-state index < -0.39 is 12.2 Å². The van der Waals surface area contributed by atoms with Crippen LogP contribution < -0.4 is 16.6 Å². The molecule has 0 radical (unpaired) electrons. The zero-order valence-corrected chi connectivity index (χ0v) is 18.9. The maximum atomic E-state index is 13.0. The molecule has 11 nitrogen and oxygen atoms in total. The second-order valence-corrected chi connectivity index (χ2v) is 8.48. The first-order valence-electron chi connectivity index (χ1n) is 11.1. The van der Waals surface area contributed by atoms with Crippen LogP contribution in [0.4, 0.5) is 10.5 Å². The summed E-state index contributed by atoms with van der Waals surface area (Å²) in [7, 11) is 1.49. The van der Waals surface area contributed by atoms with Crippen LogP contribution in [0.3, 0.4) is 0 Å². The number of likely N-dealkylation sites (tertiary alicyclic amines) is 1. The lowest BCUT2D eigenvalue weighted by Gasteiger charge is -2.36. The standard InChI is InChI=1S/C24H24N6O5/c1-35-18-11-30(24(33)34)9-8-16(18)29-22(31)12-6-7-15-17(10-12)27-21(26-15)19-20(25)13-4-2-3-5-14(13)28-23(19)32/h2-7,10,16,18H,8-9,11H2,1H3,(H,26,27)(H,29,31)(H,33,34)(H3,25,28,32)/t16-,18+/m1/s1. The lowest BCUT2D eigenvalue weighted by atomic mass is 10.0. The van der Waals surface area contributed by atoms with E-state index in [9.17, 15) is 19.5 Å². The van der Waals surface area contributed by atoms with Gasteiger partial charge >= 0.3 is 6.09 Å². The van der Waals surface area contributed by atoms with Gasteiger partial charge < -0.3 is 35.8 Å². The average Bonchev–Trinajstić information content (AvgIpc) is 3.26. The average molecular weight is 476 g/mol. The SMILES string of the molecule is CO[C@H]1CN(C(=O)O)CC[C@H]1NC(=O)c1ccc2nc(-c3c(N)c4ccccc4[nH]c3=O)[nH]c2c1. The predicted molar refractivity (Wildman–Crippen MR) is 130 cm³/mol. The largest absolute Gasteiger partial charge is 0.465 e. The number of hydrogen-bond acceptors (Lipinski definition) is 6. The van der Waals surface area contributed by atoms with E-state index in [0.717, 1.165) is 0 Å². The number of H-pyrrole nitrogens is 2. The fourth-order valence-corrected chi connectivity index (χ4v) is 4.52. The lowest BCUT2D eigenvalue weighted by molar-refractivity contribution is 0.0102. The van der Waals surface area contributed by atoms with Crippen LogP contribution in [0.2, 0.25) is 0 Å². The number of imidazole rings is 1. The molecule has 2 aromatic carbocycles. The number of carboxylic acid groups (broad SMARTS) is 1. The molecule has 2 amide bonds. The molecule has 2 atom stereocenters. The second-order valence-electron chi connectivity index (χ2n) is 8.48. The van der Waals surface area contributed by atoms with Gasteiger partial charge in [-0.1, -0.05) is 18.2 Å². The maximum Gasteiger partial charge on any atom is 0.407 e. The summed E-state index contributed by atoms with van der Waals surface area (Å²) in [5.41, 5.74) is 8.68. The summed E-state index contributed by atoms with van der Waals surface area (Å²) >= 11 is 0. The van der Waals surface area contributed by atoms with Gasteiger partial charge in [0.2, 0.25) is 0 Å². The molecular formula is C24H24N6O5. The molecule has 0 bridgehead atoms. The highest BCUT2D eigenvalue weighted by Gasteiger charge is 2.32. The highest BCUT2D eigenvalue weighted by molar-refractivity contribution is 6.00. The molecule has 2 aromatic heterocycles. The zero-order valence-electron chi connectivity index (χ0n) is 18.9. The van der Waals surface area contributed by atoms with Gasteiger partial charge in [0.05, 0.1) is 40.9 Å². The van der Waals surface area contributed by atoms with Crippen molar-refractivity contribution in [3.8, 4) is 11.4 Å². The van der Waals surface area contributed by atoms with Crippen LogP contribution in [0.1, 0.15) is 16.8 Å². The molecular weight excluding hydrogens is 452 g/mol. The number of ether oxygens (including phenoxy) is 1. The highest BCUT2D eigenvalue weighted by atomic mass is 16.5. The second kappa shape index (κ2) is 8.76. The number of hydrogen-bond donors (Lipinski definition) is 5. The first kappa shape index (κ1) is 22.4. The molecule has 3 heterocycles. The Morgan fingerprint density at radius 1 is 1.20 bits per heavy atom. The molecule has 180 valence electrons. The Balaban J connectivity index is 1.42. The van der Waals surface area contributed by atoms with Gasteiger partial charge in [0.15, 0.2) is 0 Å². The minimum Gasteiger partial charge on any atom is -0.465 e. The number of nitrogens with two attached hydrogens (primary N) is 1. The number of nitrogen functional groups attached to an aromatic ring is 1. The van der Waals surface area contributed by atoms with Crippen LogP contribution in [0.25, 0.3) is 33.3 Å². The van der Waals surface area contributed by atoms with E-state index in [2.05, 4.69) is 20.3 Å². The van der Waals surface area contributed by atoms with E-state index in [4.69, 9.17) is 10.5 Å². The topological polar surface area (TPSA) is 166 Å². The number of methoxy groups -OCH3 is 1. The van der Waals surface area contributed by atoms with Gasteiger partial charge in [0, 0.05) is 24.6 Å². The van der Waals surface area contributed by atoms with Crippen LogP contribution in [0.5, 0.6) is 0 Å². The van der Waals surface area contributed by atoms with Crippen molar-refractivity contribution in [2.45, 2.75) is 18.6 Å². The number of pyridine rings is 1. The van der Waals surface area contributed by atoms with Crippen LogP contribution in [0, 0.1) is 0 Å². The Morgan fingerprint density at radius 2 is 2.00 bits per heavy atom. The molecule has 35 heavy (non-hydrogen) atoms. The third-order valence-corrected chi connectivity index (χ3v) is 6.39. The number of nitrogens with one attached hydrogen (secondary N) is 3. The number of nitrogens with zero attached hydrogens (tertiary/aromatic N) is 2. The van der Waals surface area contributed by atoms with Crippen LogP contribution in [-0.2, 0) is 4.74 Å². The molecule has 0 unspecified atom stereocenters. The summed E-state index contributed by atoms with van der Waals surface area (Å²) in [4.78, 5) is 48.7. The number of aromatic amines is 2. The highest BCUT2D eigenvalue weighted by Crippen LogP contribution is 2.28. The summed E-state index contributed by atoms with van der Waals surface area (Å²) in [5.74, 6) is -0.00973. The smallest absolute Gasteiger partial charge is 0.407 e. The van der Waals surface area contributed by atoms with Crippen LogP contribution in [-0.4, -0.2) is 69.3 Å². The Labute approximate surface area is 198 Å². The zero-order chi connectivity index (χ0) is 24.7. The van der Waals surface area contributed by atoms with Gasteiger partial charge in [0.1, 0.15) is 11.4 Å². The lowest BCUT2D eigenvalue weighted by Crippen LogP contribution is -2.55. The third kappa shape index (κ3) is 4.06. The van der Waals surface area contributed by atoms with E-state index in [1.807, 2.05) is 18.2 Å². The number of para-hydroxylation sites is 1. The Bertz CT molecular complexity index is 1510. The number of aromatic nitrogens is 3. The van der Waals surface area contributed by atoms with E-state index in [0.29, 0.717) is 52.0 Å². The van der Waals surface area contributed by atoms with Crippen LogP contribution in [0.15, 0.2) is 47.3 Å². The van der Waals surface area contributed by atoms with Gasteiger partial charge in [-0.25, -0.2) is 9.78 Å². The molecule has 0 saturated carbocycles. The number of carbonyl (C=O) groups is 2. The quantitative estimate of drug-likeness (QED) is 0.301. The molecule has 4 aromatic rings. The molecule has 11 heteroatoms. The van der Waals surface area contributed by atoms with Crippen molar-refractivity contribution in [3.05, 3.63) is 58.4 Å². The minimum absolute atomic E-state index is 0.182. The van der Waals surface area contributed by atoms with Crippen LogP contribution >= 0.6 is 0 Å². The van der Waals surface area contributed by atoms with Gasteiger partial charge in [0.25, 0.3) is 11.5 Å². The summed E-state index contributed by atoms with van der Waals surface area (Å²) in [5, 5.41) is 12.9. The number of fused-ring (bicyclic) bond motifs is 2. The van der Waals surface area contributed by atoms with Gasteiger partial charge in [-0.3, -0.25) is 9.59 Å². The van der Waals surface area contributed by atoms with E-state index in [-0.39, 0.29) is 29.6 Å². The molecule has 0 aliphatic carbocycles. The first-order valence-corrected chi connectivity index (χ1v) is 11.1. The predicted octanol–water partition coefficient (Wildman–Crippen LogP) is 2.15. The van der Waals surface area contributed by atoms with Crippen molar-refractivity contribution < 1.29 is 19.4 Å². The molecule has 1 saturated heterocycles. The van der Waals surface area contributed by atoms with Crippen molar-refractivity contribution in [1.82, 2.24) is 25.2 Å². The summed E-state index contributed by atoms with van der Waals surface area (Å²) in [6.45, 7) is 0.492. The molecule has 1 fully saturated rings. The fourth-order valence-electron chi connectivity index (χ4n) is 4.52. The minimum atomic E-state index is -1.01. The number of piperidine rings is 1. The van der Waals surface area contributed by atoms with Crippen molar-refractivity contribution in [2.75, 3.05) is 25.9 Å². The Kier molecular flexibility index (Phi) is 5.61. The summed E-state index contributed by atoms with van der Waals surface area (Å²) in [6.07, 6.45) is -1.02. The molecule has 5 rings (SSSR count). The third-order valence-electron chi connectivity index (χ3n) is 6.39. The number of amides is 2. The maximum absolute atomic E-state index is 13.0. The number of rotatable bonds is 4. The van der Waals surface area contributed by atoms with Crippen molar-refractivity contribution in [3.63, 3.8) is 0 Å². The number of anilines is 1. The van der Waals surface area contributed by atoms with Gasteiger partial charge in [-0.15, -0.1) is 0 Å². The van der Waals surface area contributed by atoms with Crippen molar-refractivity contribution in [1.29, 1.82) is 0 Å². The van der Waals surface area contributed by atoms with Crippen molar-refractivity contribution >= 4 is 39.6 Å². The van der Waals surface area contributed by atoms with E-state index >= 15 is 0 Å². The fraction of sp³-hybridized carbons (Fsp3) is 0.250. The van der Waals surface area contributed by atoms with Gasteiger partial charge in [-0.2, -0.15) is 0 Å². The van der Waals surface area contributed by atoms with Gasteiger partial charge in [-0.05, 0) is 30.7 Å². The molecule has 6 N–H and O–H groups in total. The number of carbonyl (C=O) groups excluding carboxylic acids is 1. The van der Waals surface area contributed by atoms with E-state index in [1.54, 1.807) is 24.3 Å². The molecule has 1 aliphatic rings. The monoisotopic (exact) mass is 476 g/mol. The summed E-state index contributed by atoms with van der Waals surface area (Å²) < 4.78 is 5.42. The van der Waals surface area contributed by atoms with Crippen molar-refractivity contribution in [2.24, 2.45) is 0 Å². The first-order chi connectivity index (χ1) is 16.9. The Morgan fingerprint density at radius 3 is 2.77 bits per heavy atom.